The maximum atomic E-state index is 13.0. The van der Waals surface area contributed by atoms with Gasteiger partial charge in [0.15, 0.2) is 11.5 Å². The van der Waals surface area contributed by atoms with Crippen LogP contribution in [-0.4, -0.2) is 33.2 Å². The third-order valence-electron chi connectivity index (χ3n) is 4.59. The molecule has 0 bridgehead atoms. The van der Waals surface area contributed by atoms with E-state index in [-0.39, 0.29) is 29.8 Å². The van der Waals surface area contributed by atoms with E-state index in [4.69, 9.17) is 21.7 Å². The molecule has 0 aliphatic carbocycles. The molecule has 12 heteroatoms. The Labute approximate surface area is 202 Å². The zero-order chi connectivity index (χ0) is 25.0. The molecular weight excluding hydrogens is 493 g/mol. The molecule has 0 radical (unpaired) electrons. The fraction of sp³-hybridized carbons (Fsp3) is 0.273. The first-order valence-corrected chi connectivity index (χ1v) is 11.3. The fourth-order valence-corrected chi connectivity index (χ4v) is 4.38. The average molecular weight is 513 g/mol. The van der Waals surface area contributed by atoms with Gasteiger partial charge in [0.1, 0.15) is 4.32 Å². The molecule has 1 heterocycles. The van der Waals surface area contributed by atoms with E-state index in [0.29, 0.717) is 33.5 Å². The van der Waals surface area contributed by atoms with Crippen LogP contribution in [0.3, 0.4) is 0 Å². The van der Waals surface area contributed by atoms with Crippen LogP contribution in [-0.2, 0) is 11.0 Å². The summed E-state index contributed by atoms with van der Waals surface area (Å²) < 4.78 is 50.5. The van der Waals surface area contributed by atoms with Crippen molar-refractivity contribution >= 4 is 46.0 Å². The van der Waals surface area contributed by atoms with Gasteiger partial charge >= 0.3 is 11.9 Å². The minimum atomic E-state index is -4.74. The summed E-state index contributed by atoms with van der Waals surface area (Å²) in [6, 6.07) is 6.65. The number of nitro groups is 1. The molecule has 1 amide bonds. The fourth-order valence-electron chi connectivity index (χ4n) is 3.08. The third-order valence-corrected chi connectivity index (χ3v) is 5.97. The Morgan fingerprint density at radius 3 is 2.47 bits per heavy atom. The second-order valence-electron chi connectivity index (χ2n) is 7.01. The molecule has 0 unspecified atom stereocenters. The number of alkyl halides is 3. The molecule has 0 spiro atoms. The van der Waals surface area contributed by atoms with E-state index in [1.54, 1.807) is 25.1 Å². The second kappa shape index (κ2) is 10.4. The Hall–Kier alpha value is -3.12. The number of carbonyl (C=O) groups excluding carboxylic acids is 1. The van der Waals surface area contributed by atoms with Crippen molar-refractivity contribution in [2.75, 3.05) is 13.2 Å². The maximum Gasteiger partial charge on any atom is 0.416 e. The van der Waals surface area contributed by atoms with Gasteiger partial charge in [-0.15, -0.1) is 0 Å². The smallest absolute Gasteiger partial charge is 0.416 e. The number of nitrogens with zero attached hydrogens (tertiary/aromatic N) is 2. The number of carbonyl (C=O) groups is 1. The molecule has 0 atom stereocenters. The zero-order valence-electron chi connectivity index (χ0n) is 18.0. The highest BCUT2D eigenvalue weighted by molar-refractivity contribution is 8.26. The van der Waals surface area contributed by atoms with E-state index in [9.17, 15) is 28.1 Å². The van der Waals surface area contributed by atoms with E-state index in [2.05, 4.69) is 0 Å². The highest BCUT2D eigenvalue weighted by Gasteiger charge is 2.34. The molecule has 0 N–H and O–H groups in total. The van der Waals surface area contributed by atoms with Crippen LogP contribution in [0.15, 0.2) is 41.3 Å². The maximum absolute atomic E-state index is 13.0. The molecule has 180 valence electrons. The molecular formula is C22H19F3N2O5S2. The summed E-state index contributed by atoms with van der Waals surface area (Å²) in [6.07, 6.45) is -2.34. The van der Waals surface area contributed by atoms with E-state index in [0.717, 1.165) is 12.5 Å². The lowest BCUT2D eigenvalue weighted by Crippen LogP contribution is -2.28. The standard InChI is InChI=1S/C22H19F3N2O5S2/c1-3-9-26-20(28)19(34-21(26)33)11-13-5-7-17(18(10-13)31-4-2)32-16-8-6-14(22(23,24)25)12-15(16)27(29)30/h5-8,10-12H,3-4,9H2,1-2H3/b19-11-. The number of thiocarbonyl (C=S) groups is 1. The second-order valence-corrected chi connectivity index (χ2v) is 8.69. The summed E-state index contributed by atoms with van der Waals surface area (Å²) in [7, 11) is 0. The minimum absolute atomic E-state index is 0.0698. The number of thioether (sulfide) groups is 1. The van der Waals surface area contributed by atoms with Gasteiger partial charge in [-0.1, -0.05) is 37.0 Å². The van der Waals surface area contributed by atoms with Crippen LogP contribution in [0.1, 0.15) is 31.4 Å². The van der Waals surface area contributed by atoms with Gasteiger partial charge in [0.2, 0.25) is 5.75 Å². The molecule has 7 nitrogen and oxygen atoms in total. The van der Waals surface area contributed by atoms with Gasteiger partial charge in [0, 0.05) is 12.6 Å². The normalized spacial score (nSPS) is 15.2. The number of hydrogen-bond donors (Lipinski definition) is 0. The third kappa shape index (κ3) is 5.68. The summed E-state index contributed by atoms with van der Waals surface area (Å²) in [5.74, 6) is -0.294. The van der Waals surface area contributed by atoms with Crippen molar-refractivity contribution in [1.29, 1.82) is 0 Å². The summed E-state index contributed by atoms with van der Waals surface area (Å²) in [6.45, 7) is 4.40. The monoisotopic (exact) mass is 512 g/mol. The van der Waals surface area contributed by atoms with Crippen LogP contribution in [0, 0.1) is 10.1 Å². The molecule has 1 aliphatic rings. The van der Waals surface area contributed by atoms with Crippen LogP contribution in [0.5, 0.6) is 17.2 Å². The summed E-state index contributed by atoms with van der Waals surface area (Å²) in [5.41, 5.74) is -1.40. The van der Waals surface area contributed by atoms with Gasteiger partial charge < -0.3 is 9.47 Å². The van der Waals surface area contributed by atoms with E-state index >= 15 is 0 Å². The Kier molecular flexibility index (Phi) is 7.82. The number of ether oxygens (including phenoxy) is 2. The van der Waals surface area contributed by atoms with Crippen molar-refractivity contribution in [3.63, 3.8) is 0 Å². The van der Waals surface area contributed by atoms with Crippen molar-refractivity contribution in [2.45, 2.75) is 26.4 Å². The molecule has 1 fully saturated rings. The predicted molar refractivity (Wildman–Crippen MR) is 126 cm³/mol. The molecule has 0 aromatic heterocycles. The van der Waals surface area contributed by atoms with Gasteiger partial charge in [-0.25, -0.2) is 0 Å². The largest absolute Gasteiger partial charge is 0.490 e. The summed E-state index contributed by atoms with van der Waals surface area (Å²) in [5, 5.41) is 11.4. The van der Waals surface area contributed by atoms with E-state index in [1.165, 1.54) is 22.7 Å². The molecule has 3 rings (SSSR count). The van der Waals surface area contributed by atoms with Gasteiger partial charge in [0.05, 0.1) is 22.0 Å². The quantitative estimate of drug-likeness (QED) is 0.175. The van der Waals surface area contributed by atoms with E-state index < -0.39 is 22.4 Å². The van der Waals surface area contributed by atoms with Crippen molar-refractivity contribution in [1.82, 2.24) is 4.90 Å². The lowest BCUT2D eigenvalue weighted by Gasteiger charge is -2.14. The number of rotatable bonds is 8. The molecule has 1 aliphatic heterocycles. The van der Waals surface area contributed by atoms with Gasteiger partial charge in [-0.3, -0.25) is 19.8 Å². The lowest BCUT2D eigenvalue weighted by atomic mass is 10.1. The summed E-state index contributed by atoms with van der Waals surface area (Å²) >= 11 is 6.44. The first kappa shape index (κ1) is 25.5. The van der Waals surface area contributed by atoms with Crippen molar-refractivity contribution in [3.8, 4) is 17.2 Å². The molecule has 34 heavy (non-hydrogen) atoms. The van der Waals surface area contributed by atoms with Crippen molar-refractivity contribution < 1.29 is 32.4 Å². The van der Waals surface area contributed by atoms with E-state index in [1.807, 2.05) is 6.92 Å². The van der Waals surface area contributed by atoms with Crippen molar-refractivity contribution in [3.05, 3.63) is 62.5 Å². The summed E-state index contributed by atoms with van der Waals surface area (Å²) in [4.78, 5) is 24.9. The highest BCUT2D eigenvalue weighted by Crippen LogP contribution is 2.41. The van der Waals surface area contributed by atoms with Crippen LogP contribution < -0.4 is 9.47 Å². The van der Waals surface area contributed by atoms with Gasteiger partial charge in [-0.05, 0) is 49.2 Å². The number of amides is 1. The molecule has 2 aromatic carbocycles. The number of hydrogen-bond acceptors (Lipinski definition) is 7. The average Bonchev–Trinajstić information content (AvgIpc) is 3.02. The number of benzene rings is 2. The molecule has 0 saturated carbocycles. The zero-order valence-corrected chi connectivity index (χ0v) is 19.7. The SMILES string of the molecule is CCCN1C(=O)/C(=C/c2ccc(Oc3ccc(C(F)(F)F)cc3[N+](=O)[O-])c(OCC)c2)SC1=S. The van der Waals surface area contributed by atoms with Crippen LogP contribution in [0.25, 0.3) is 6.08 Å². The number of halogens is 3. The lowest BCUT2D eigenvalue weighted by molar-refractivity contribution is -0.385. The van der Waals surface area contributed by atoms with Crippen LogP contribution in [0.2, 0.25) is 0 Å². The first-order chi connectivity index (χ1) is 16.0. The van der Waals surface area contributed by atoms with Gasteiger partial charge in [-0.2, -0.15) is 13.2 Å². The Morgan fingerprint density at radius 2 is 1.85 bits per heavy atom. The van der Waals surface area contributed by atoms with Crippen LogP contribution >= 0.6 is 24.0 Å². The Bertz CT molecular complexity index is 1170. The topological polar surface area (TPSA) is 81.9 Å². The first-order valence-electron chi connectivity index (χ1n) is 10.1. The minimum Gasteiger partial charge on any atom is -0.490 e. The number of nitro benzene ring substituents is 1. The molecule has 1 saturated heterocycles. The van der Waals surface area contributed by atoms with Crippen LogP contribution in [0.4, 0.5) is 18.9 Å². The highest BCUT2D eigenvalue weighted by atomic mass is 32.2. The Balaban J connectivity index is 1.94. The molecule has 2 aromatic rings. The van der Waals surface area contributed by atoms with Gasteiger partial charge in [0.25, 0.3) is 5.91 Å². The Morgan fingerprint density at radius 1 is 1.15 bits per heavy atom. The predicted octanol–water partition coefficient (Wildman–Crippen LogP) is 6.42. The van der Waals surface area contributed by atoms with Crippen molar-refractivity contribution in [2.24, 2.45) is 0 Å².